The average molecular weight is 290 g/mol. The topological polar surface area (TPSA) is 69.6 Å². The highest BCUT2D eigenvalue weighted by atomic mass is 16.4. The summed E-state index contributed by atoms with van der Waals surface area (Å²) in [6.45, 7) is 1.50. The molecule has 1 heterocycles. The molecule has 1 aromatic carbocycles. The summed E-state index contributed by atoms with van der Waals surface area (Å²) in [6, 6.07) is 8.03. The molecule has 0 bridgehead atoms. The van der Waals surface area contributed by atoms with Crippen LogP contribution >= 0.6 is 0 Å². The third kappa shape index (κ3) is 4.04. The molecule has 5 nitrogen and oxygen atoms in total. The fraction of sp³-hybridized carbons (Fsp3) is 0.500. The largest absolute Gasteiger partial charge is 0.481 e. The van der Waals surface area contributed by atoms with Crippen LogP contribution in [0.2, 0.25) is 0 Å². The first-order valence-electron chi connectivity index (χ1n) is 7.36. The predicted molar refractivity (Wildman–Crippen MR) is 79.9 cm³/mol. The Labute approximate surface area is 125 Å². The van der Waals surface area contributed by atoms with Crippen molar-refractivity contribution in [2.24, 2.45) is 0 Å². The zero-order valence-electron chi connectivity index (χ0n) is 12.3. The number of carboxylic acids is 1. The number of rotatable bonds is 6. The molecule has 5 heteroatoms. The minimum Gasteiger partial charge on any atom is -0.481 e. The number of carbonyl (C=O) groups is 2. The molecule has 0 saturated heterocycles. The van der Waals surface area contributed by atoms with Crippen molar-refractivity contribution < 1.29 is 14.7 Å². The lowest BCUT2D eigenvalue weighted by Crippen LogP contribution is -2.49. The standard InChI is InChI=1S/C16H22N2O3/c1-17-16(21)14-10-12-6-2-3-7-13(12)11-18(14)9-5-4-8-15(19)20/h2-3,6-7,14H,4-5,8-11H2,1H3,(H,17,21)(H,19,20). The van der Waals surface area contributed by atoms with Gasteiger partial charge in [0.1, 0.15) is 0 Å². The zero-order valence-corrected chi connectivity index (χ0v) is 12.3. The average Bonchev–Trinajstić information content (AvgIpc) is 2.49. The first-order chi connectivity index (χ1) is 10.1. The van der Waals surface area contributed by atoms with E-state index in [0.29, 0.717) is 6.42 Å². The highest BCUT2D eigenvalue weighted by molar-refractivity contribution is 5.82. The normalized spacial score (nSPS) is 18.0. The summed E-state index contributed by atoms with van der Waals surface area (Å²) in [5.74, 6) is -0.732. The van der Waals surface area contributed by atoms with E-state index in [4.69, 9.17) is 5.11 Å². The predicted octanol–water partition coefficient (Wildman–Crippen LogP) is 1.41. The Morgan fingerprint density at radius 2 is 2.00 bits per heavy atom. The molecule has 1 atom stereocenters. The molecule has 1 aliphatic rings. The SMILES string of the molecule is CNC(=O)C1Cc2ccccc2CN1CCCCC(=O)O. The Balaban J connectivity index is 2.02. The van der Waals surface area contributed by atoms with Crippen molar-refractivity contribution in [1.82, 2.24) is 10.2 Å². The van der Waals surface area contributed by atoms with Crippen molar-refractivity contribution in [3.05, 3.63) is 35.4 Å². The van der Waals surface area contributed by atoms with Crippen LogP contribution in [0.3, 0.4) is 0 Å². The Morgan fingerprint density at radius 3 is 2.67 bits per heavy atom. The second-order valence-corrected chi connectivity index (χ2v) is 5.42. The molecule has 0 fully saturated rings. The van der Waals surface area contributed by atoms with Crippen molar-refractivity contribution in [3.63, 3.8) is 0 Å². The number of benzene rings is 1. The van der Waals surface area contributed by atoms with E-state index in [1.54, 1.807) is 7.05 Å². The fourth-order valence-electron chi connectivity index (χ4n) is 2.83. The van der Waals surface area contributed by atoms with Gasteiger partial charge in [0.25, 0.3) is 0 Å². The van der Waals surface area contributed by atoms with Crippen LogP contribution in [0.25, 0.3) is 0 Å². The van der Waals surface area contributed by atoms with E-state index in [1.807, 2.05) is 12.1 Å². The van der Waals surface area contributed by atoms with Crippen molar-refractivity contribution in [2.45, 2.75) is 38.3 Å². The number of nitrogens with one attached hydrogen (secondary N) is 1. The van der Waals surface area contributed by atoms with Gasteiger partial charge in [-0.25, -0.2) is 0 Å². The Morgan fingerprint density at radius 1 is 1.29 bits per heavy atom. The lowest BCUT2D eigenvalue weighted by Gasteiger charge is -2.35. The molecule has 1 unspecified atom stereocenters. The molecule has 114 valence electrons. The van der Waals surface area contributed by atoms with Gasteiger partial charge in [0, 0.05) is 20.0 Å². The van der Waals surface area contributed by atoms with E-state index in [0.717, 1.165) is 25.9 Å². The van der Waals surface area contributed by atoms with E-state index in [1.165, 1.54) is 11.1 Å². The summed E-state index contributed by atoms with van der Waals surface area (Å²) in [6.07, 6.45) is 2.35. The maximum Gasteiger partial charge on any atom is 0.303 e. The van der Waals surface area contributed by atoms with E-state index in [2.05, 4.69) is 22.3 Å². The van der Waals surface area contributed by atoms with Crippen LogP contribution < -0.4 is 5.32 Å². The third-order valence-corrected chi connectivity index (χ3v) is 3.98. The molecule has 0 spiro atoms. The highest BCUT2D eigenvalue weighted by Gasteiger charge is 2.30. The van der Waals surface area contributed by atoms with Crippen molar-refractivity contribution in [3.8, 4) is 0 Å². The van der Waals surface area contributed by atoms with Gasteiger partial charge in [0.05, 0.1) is 6.04 Å². The van der Waals surface area contributed by atoms with Crippen molar-refractivity contribution >= 4 is 11.9 Å². The Hall–Kier alpha value is -1.88. The van der Waals surface area contributed by atoms with Crippen LogP contribution in [0.1, 0.15) is 30.4 Å². The number of likely N-dealkylation sites (N-methyl/N-ethyl adjacent to an activating group) is 1. The number of unbranched alkanes of at least 4 members (excludes halogenated alkanes) is 1. The number of carbonyl (C=O) groups excluding carboxylic acids is 1. The van der Waals surface area contributed by atoms with Gasteiger partial charge >= 0.3 is 5.97 Å². The van der Waals surface area contributed by atoms with Crippen LogP contribution in [0.15, 0.2) is 24.3 Å². The third-order valence-electron chi connectivity index (χ3n) is 3.98. The summed E-state index contributed by atoms with van der Waals surface area (Å²) in [4.78, 5) is 24.8. The number of hydrogen-bond donors (Lipinski definition) is 2. The van der Waals surface area contributed by atoms with Gasteiger partial charge in [-0.05, 0) is 36.9 Å². The van der Waals surface area contributed by atoms with E-state index < -0.39 is 5.97 Å². The molecule has 21 heavy (non-hydrogen) atoms. The quantitative estimate of drug-likeness (QED) is 0.777. The van der Waals surface area contributed by atoms with Gasteiger partial charge < -0.3 is 10.4 Å². The summed E-state index contributed by atoms with van der Waals surface area (Å²) in [5, 5.41) is 11.4. The first kappa shape index (κ1) is 15.5. The van der Waals surface area contributed by atoms with Gasteiger partial charge in [0.15, 0.2) is 0 Å². The number of fused-ring (bicyclic) bond motifs is 1. The zero-order chi connectivity index (χ0) is 15.2. The number of hydrogen-bond acceptors (Lipinski definition) is 3. The molecule has 2 N–H and O–H groups in total. The molecule has 0 saturated carbocycles. The van der Waals surface area contributed by atoms with Crippen LogP contribution in [-0.4, -0.2) is 41.5 Å². The first-order valence-corrected chi connectivity index (χ1v) is 7.36. The summed E-state index contributed by atoms with van der Waals surface area (Å²) < 4.78 is 0. The van der Waals surface area contributed by atoms with Crippen LogP contribution in [-0.2, 0) is 22.6 Å². The number of carboxylic acid groups (broad SMARTS) is 1. The second kappa shape index (κ2) is 7.22. The minimum atomic E-state index is -0.762. The maximum absolute atomic E-state index is 12.1. The molecule has 1 aliphatic heterocycles. The van der Waals surface area contributed by atoms with Crippen molar-refractivity contribution in [2.75, 3.05) is 13.6 Å². The number of aliphatic carboxylic acids is 1. The monoisotopic (exact) mass is 290 g/mol. The lowest BCUT2D eigenvalue weighted by atomic mass is 9.93. The van der Waals surface area contributed by atoms with Crippen LogP contribution in [0.5, 0.6) is 0 Å². The number of nitrogens with zero attached hydrogens (tertiary/aromatic N) is 1. The molecular formula is C16H22N2O3. The van der Waals surface area contributed by atoms with Gasteiger partial charge in [-0.1, -0.05) is 24.3 Å². The molecule has 0 aromatic heterocycles. The Kier molecular flexibility index (Phi) is 5.33. The molecule has 0 radical (unpaired) electrons. The summed E-state index contributed by atoms with van der Waals surface area (Å²) in [5.41, 5.74) is 2.49. The smallest absolute Gasteiger partial charge is 0.303 e. The summed E-state index contributed by atoms with van der Waals surface area (Å²) in [7, 11) is 1.66. The number of amides is 1. The van der Waals surface area contributed by atoms with Crippen molar-refractivity contribution in [1.29, 1.82) is 0 Å². The van der Waals surface area contributed by atoms with E-state index in [-0.39, 0.29) is 18.4 Å². The van der Waals surface area contributed by atoms with Crippen LogP contribution in [0, 0.1) is 0 Å². The molecule has 0 aliphatic carbocycles. The minimum absolute atomic E-state index is 0.0303. The summed E-state index contributed by atoms with van der Waals surface area (Å²) >= 11 is 0. The molecular weight excluding hydrogens is 268 g/mol. The van der Waals surface area contributed by atoms with Gasteiger partial charge in [-0.2, -0.15) is 0 Å². The highest BCUT2D eigenvalue weighted by Crippen LogP contribution is 2.23. The second-order valence-electron chi connectivity index (χ2n) is 5.42. The molecule has 1 amide bonds. The maximum atomic E-state index is 12.1. The van der Waals surface area contributed by atoms with Gasteiger partial charge in [0.2, 0.25) is 5.91 Å². The van der Waals surface area contributed by atoms with Gasteiger partial charge in [-0.15, -0.1) is 0 Å². The van der Waals surface area contributed by atoms with Crippen LogP contribution in [0.4, 0.5) is 0 Å². The molecule has 2 rings (SSSR count). The van der Waals surface area contributed by atoms with E-state index >= 15 is 0 Å². The van der Waals surface area contributed by atoms with E-state index in [9.17, 15) is 9.59 Å². The van der Waals surface area contributed by atoms with Gasteiger partial charge in [-0.3, -0.25) is 14.5 Å². The lowest BCUT2D eigenvalue weighted by molar-refractivity contribution is -0.137. The Bertz CT molecular complexity index is 516. The fourth-order valence-corrected chi connectivity index (χ4v) is 2.83. The molecule has 1 aromatic rings.